The molecule has 0 aromatic carbocycles. The molecule has 0 amide bonds. The summed E-state index contributed by atoms with van der Waals surface area (Å²) in [5.41, 5.74) is 0. The van der Waals surface area contributed by atoms with Crippen molar-refractivity contribution in [1.29, 1.82) is 0 Å². The van der Waals surface area contributed by atoms with E-state index in [2.05, 4.69) is 6.92 Å². The first-order valence-corrected chi connectivity index (χ1v) is 11.7. The summed E-state index contributed by atoms with van der Waals surface area (Å²) in [6.45, 7) is 3.24. The minimum absolute atomic E-state index is 0.170. The van der Waals surface area contributed by atoms with E-state index in [1.807, 2.05) is 0 Å². The molecule has 0 bridgehead atoms. The minimum atomic E-state index is -4.30. The fraction of sp³-hybridized carbons (Fsp3) is 0.800. The van der Waals surface area contributed by atoms with Gasteiger partial charge in [0.05, 0.1) is 5.75 Å². The largest absolute Gasteiger partial charge is 0.748 e. The number of rotatable bonds is 17. The fourth-order valence-electron chi connectivity index (χ4n) is 2.97. The molecule has 0 saturated heterocycles. The second kappa shape index (κ2) is 14.2. The van der Waals surface area contributed by atoms with Crippen LogP contribution in [-0.2, 0) is 27.2 Å². The SMILES string of the molecule is CCCCCCCCCCCCCCOCc1ccc(CS(=O)(=O)[O-])o1. The summed E-state index contributed by atoms with van der Waals surface area (Å²) in [5.74, 6) is 0.123. The molecule has 1 aromatic rings. The second-order valence-electron chi connectivity index (χ2n) is 7.01. The molecule has 1 aromatic heterocycles. The first-order valence-electron chi connectivity index (χ1n) is 10.1. The summed E-state index contributed by atoms with van der Waals surface area (Å²) in [6.07, 6.45) is 15.7. The van der Waals surface area contributed by atoms with Crippen molar-refractivity contribution in [3.05, 3.63) is 23.7 Å². The molecule has 26 heavy (non-hydrogen) atoms. The maximum atomic E-state index is 10.7. The predicted molar refractivity (Wildman–Crippen MR) is 103 cm³/mol. The molecule has 0 unspecified atom stereocenters. The van der Waals surface area contributed by atoms with Crippen LogP contribution in [0.2, 0.25) is 0 Å². The van der Waals surface area contributed by atoms with Crippen LogP contribution in [0.3, 0.4) is 0 Å². The monoisotopic (exact) mass is 387 g/mol. The third-order valence-corrected chi connectivity index (χ3v) is 5.06. The zero-order valence-corrected chi connectivity index (χ0v) is 17.0. The highest BCUT2D eigenvalue weighted by Gasteiger charge is 2.05. The van der Waals surface area contributed by atoms with Crippen molar-refractivity contribution in [3.8, 4) is 0 Å². The van der Waals surface area contributed by atoms with Gasteiger partial charge in [-0.15, -0.1) is 0 Å². The van der Waals surface area contributed by atoms with Crippen LogP contribution in [0.5, 0.6) is 0 Å². The molecular formula is C20H35O5S-. The van der Waals surface area contributed by atoms with Crippen LogP contribution in [0.1, 0.15) is 95.5 Å². The van der Waals surface area contributed by atoms with E-state index in [1.54, 1.807) is 6.07 Å². The van der Waals surface area contributed by atoms with Crippen LogP contribution >= 0.6 is 0 Å². The second-order valence-corrected chi connectivity index (χ2v) is 8.42. The smallest absolute Gasteiger partial charge is 0.129 e. The first kappa shape index (κ1) is 23.2. The van der Waals surface area contributed by atoms with Crippen molar-refractivity contribution in [3.63, 3.8) is 0 Å². The summed E-state index contributed by atoms with van der Waals surface area (Å²) in [5, 5.41) is 0. The fourth-order valence-corrected chi connectivity index (χ4v) is 3.47. The molecule has 6 heteroatoms. The van der Waals surface area contributed by atoms with E-state index >= 15 is 0 Å². The molecule has 0 atom stereocenters. The van der Waals surface area contributed by atoms with Gasteiger partial charge in [-0.3, -0.25) is 0 Å². The third-order valence-electron chi connectivity index (χ3n) is 4.42. The molecule has 0 spiro atoms. The molecule has 0 radical (unpaired) electrons. The van der Waals surface area contributed by atoms with Crippen molar-refractivity contribution < 1.29 is 22.1 Å². The normalized spacial score (nSPS) is 11.9. The van der Waals surface area contributed by atoms with Crippen LogP contribution in [0.25, 0.3) is 0 Å². The maximum Gasteiger partial charge on any atom is 0.129 e. The molecule has 5 nitrogen and oxygen atoms in total. The Morgan fingerprint density at radius 1 is 0.846 bits per heavy atom. The van der Waals surface area contributed by atoms with Crippen LogP contribution in [0.4, 0.5) is 0 Å². The van der Waals surface area contributed by atoms with Gasteiger partial charge in [0.1, 0.15) is 28.2 Å². The van der Waals surface area contributed by atoms with Gasteiger partial charge in [-0.25, -0.2) is 8.42 Å². The van der Waals surface area contributed by atoms with Crippen molar-refractivity contribution >= 4 is 10.1 Å². The highest BCUT2D eigenvalue weighted by molar-refractivity contribution is 7.84. The topological polar surface area (TPSA) is 79.6 Å². The molecule has 0 N–H and O–H groups in total. The lowest BCUT2D eigenvalue weighted by molar-refractivity contribution is 0.102. The minimum Gasteiger partial charge on any atom is -0.748 e. The molecule has 0 aliphatic heterocycles. The van der Waals surface area contributed by atoms with Crippen molar-refractivity contribution in [2.45, 2.75) is 96.3 Å². The predicted octanol–water partition coefficient (Wildman–Crippen LogP) is 5.54. The summed E-state index contributed by atoms with van der Waals surface area (Å²) < 4.78 is 42.8. The lowest BCUT2D eigenvalue weighted by Crippen LogP contribution is -2.00. The van der Waals surface area contributed by atoms with E-state index < -0.39 is 15.9 Å². The van der Waals surface area contributed by atoms with E-state index in [0.717, 1.165) is 6.42 Å². The van der Waals surface area contributed by atoms with E-state index in [9.17, 15) is 13.0 Å². The lowest BCUT2D eigenvalue weighted by atomic mass is 10.1. The molecule has 1 rings (SSSR count). The molecule has 0 fully saturated rings. The summed E-state index contributed by atoms with van der Waals surface area (Å²) in [6, 6.07) is 3.17. The summed E-state index contributed by atoms with van der Waals surface area (Å²) in [7, 11) is -4.30. The Balaban J connectivity index is 1.88. The highest BCUT2D eigenvalue weighted by atomic mass is 32.2. The zero-order chi connectivity index (χ0) is 19.1. The summed E-state index contributed by atoms with van der Waals surface area (Å²) >= 11 is 0. The van der Waals surface area contributed by atoms with Crippen LogP contribution in [0.15, 0.2) is 16.5 Å². The lowest BCUT2D eigenvalue weighted by Gasteiger charge is -2.04. The van der Waals surface area contributed by atoms with Crippen molar-refractivity contribution in [1.82, 2.24) is 0 Å². The maximum absolute atomic E-state index is 10.7. The van der Waals surface area contributed by atoms with Crippen molar-refractivity contribution in [2.75, 3.05) is 6.61 Å². The van der Waals surface area contributed by atoms with E-state index in [1.165, 1.54) is 76.7 Å². The average Bonchev–Trinajstić information content (AvgIpc) is 3.00. The van der Waals surface area contributed by atoms with Crippen molar-refractivity contribution in [2.24, 2.45) is 0 Å². The van der Waals surface area contributed by atoms with E-state index in [-0.39, 0.29) is 5.76 Å². The van der Waals surface area contributed by atoms with Gasteiger partial charge in [0.25, 0.3) is 0 Å². The number of unbranched alkanes of at least 4 members (excludes halogenated alkanes) is 11. The van der Waals surface area contributed by atoms with Gasteiger partial charge >= 0.3 is 0 Å². The Morgan fingerprint density at radius 2 is 1.35 bits per heavy atom. The zero-order valence-electron chi connectivity index (χ0n) is 16.2. The molecular weight excluding hydrogens is 352 g/mol. The Kier molecular flexibility index (Phi) is 12.7. The molecule has 152 valence electrons. The Morgan fingerprint density at radius 3 is 1.88 bits per heavy atom. The van der Waals surface area contributed by atoms with Crippen LogP contribution in [-0.4, -0.2) is 19.6 Å². The first-order chi connectivity index (χ1) is 12.5. The van der Waals surface area contributed by atoms with E-state index in [4.69, 9.17) is 9.15 Å². The Labute approximate surface area is 159 Å². The number of hydrogen-bond donors (Lipinski definition) is 0. The van der Waals surface area contributed by atoms with Gasteiger partial charge in [-0.1, -0.05) is 77.6 Å². The third kappa shape index (κ3) is 13.4. The molecule has 1 heterocycles. The van der Waals surface area contributed by atoms with E-state index in [0.29, 0.717) is 19.0 Å². The standard InChI is InChI=1S/C20H36O5S/c1-2-3-4-5-6-7-8-9-10-11-12-13-16-24-17-19-14-15-20(25-19)18-26(21,22)23/h14-15H,2-13,16-18H2,1H3,(H,21,22,23)/p-1. The number of ether oxygens (including phenoxy) is 1. The number of hydrogen-bond acceptors (Lipinski definition) is 5. The van der Waals surface area contributed by atoms with Gasteiger partial charge in [0.2, 0.25) is 0 Å². The average molecular weight is 388 g/mol. The highest BCUT2D eigenvalue weighted by Crippen LogP contribution is 2.13. The van der Waals surface area contributed by atoms with Gasteiger partial charge in [0, 0.05) is 6.61 Å². The van der Waals surface area contributed by atoms with Gasteiger partial charge in [-0.05, 0) is 18.6 Å². The quantitative estimate of drug-likeness (QED) is 0.259. The Hall–Kier alpha value is -0.850. The number of furan rings is 1. The molecule has 0 aliphatic carbocycles. The van der Waals surface area contributed by atoms with Gasteiger partial charge in [-0.2, -0.15) is 0 Å². The summed E-state index contributed by atoms with van der Waals surface area (Å²) in [4.78, 5) is 0. The Bertz CT molecular complexity index is 550. The van der Waals surface area contributed by atoms with Crippen LogP contribution in [0, 0.1) is 0 Å². The molecule has 0 saturated carbocycles. The van der Waals surface area contributed by atoms with Gasteiger partial charge < -0.3 is 13.7 Å². The van der Waals surface area contributed by atoms with Crippen LogP contribution < -0.4 is 0 Å². The van der Waals surface area contributed by atoms with Gasteiger partial charge in [0.15, 0.2) is 0 Å². The molecule has 0 aliphatic rings.